The number of H-pyrrole nitrogens is 1. The molecule has 2 atom stereocenters. The van der Waals surface area contributed by atoms with Gasteiger partial charge in [-0.05, 0) is 66.8 Å². The molecule has 6 rings (SSSR count). The molecule has 0 unspecified atom stereocenters. The largest absolute Gasteiger partial charge is 0.497 e. The molecule has 1 heterocycles. The SMILES string of the molecule is COc1ccc(NC(=O)C2(N(Cc3ccccc3F)C(=O)C[C@@H]3[C@@H](c4c(C)[nH]c5ccccc45)C3(C)C)CCCCC2)c(OC)c1. The number of rotatable bonds is 10. The Bertz CT molecular complexity index is 1760. The number of fused-ring (bicyclic) bond motifs is 1. The third-order valence-electron chi connectivity index (χ3n) is 10.6. The van der Waals surface area contributed by atoms with Crippen molar-refractivity contribution in [2.45, 2.75) is 77.3 Å². The lowest BCUT2D eigenvalue weighted by Gasteiger charge is -2.45. The quantitative estimate of drug-likeness (QED) is 0.186. The van der Waals surface area contributed by atoms with Crippen LogP contribution in [0.2, 0.25) is 0 Å². The summed E-state index contributed by atoms with van der Waals surface area (Å²) in [6, 6.07) is 20.1. The third-order valence-corrected chi connectivity index (χ3v) is 10.6. The van der Waals surface area contributed by atoms with Crippen molar-refractivity contribution in [1.29, 1.82) is 0 Å². The second-order valence-corrected chi connectivity index (χ2v) is 13.5. The van der Waals surface area contributed by atoms with Crippen molar-refractivity contribution in [1.82, 2.24) is 9.88 Å². The predicted octanol–water partition coefficient (Wildman–Crippen LogP) is 8.13. The van der Waals surface area contributed by atoms with Gasteiger partial charge in [0.25, 0.3) is 0 Å². The number of carbonyl (C=O) groups excluding carboxylic acids is 2. The van der Waals surface area contributed by atoms with Crippen LogP contribution < -0.4 is 14.8 Å². The van der Waals surface area contributed by atoms with Gasteiger partial charge in [-0.15, -0.1) is 0 Å². The minimum atomic E-state index is -1.15. The Morgan fingerprint density at radius 3 is 2.41 bits per heavy atom. The van der Waals surface area contributed by atoms with E-state index in [1.165, 1.54) is 24.1 Å². The normalized spacial score (nSPS) is 19.8. The van der Waals surface area contributed by atoms with E-state index in [2.05, 4.69) is 43.2 Å². The van der Waals surface area contributed by atoms with E-state index in [-0.39, 0.29) is 47.8 Å². The molecule has 2 aliphatic carbocycles. The molecule has 0 saturated heterocycles. The van der Waals surface area contributed by atoms with Crippen molar-refractivity contribution in [2.24, 2.45) is 11.3 Å². The zero-order valence-electron chi connectivity index (χ0n) is 27.4. The van der Waals surface area contributed by atoms with Gasteiger partial charge < -0.3 is 24.7 Å². The van der Waals surface area contributed by atoms with Gasteiger partial charge in [-0.1, -0.05) is 69.5 Å². The van der Waals surface area contributed by atoms with Crippen LogP contribution in [0, 0.1) is 24.1 Å². The molecule has 3 aromatic carbocycles. The lowest BCUT2D eigenvalue weighted by Crippen LogP contribution is -2.59. The number of methoxy groups -OCH3 is 2. The summed E-state index contributed by atoms with van der Waals surface area (Å²) in [6.07, 6.45) is 3.82. The number of halogens is 1. The van der Waals surface area contributed by atoms with Crippen LogP contribution in [-0.4, -0.2) is 41.5 Å². The molecule has 2 fully saturated rings. The fourth-order valence-electron chi connectivity index (χ4n) is 7.87. The molecule has 1 aromatic heterocycles. The Kier molecular flexibility index (Phi) is 8.57. The smallest absolute Gasteiger partial charge is 0.250 e. The van der Waals surface area contributed by atoms with E-state index in [1.807, 2.05) is 12.1 Å². The van der Waals surface area contributed by atoms with Gasteiger partial charge in [0.05, 0.1) is 19.9 Å². The average molecular weight is 626 g/mol. The van der Waals surface area contributed by atoms with Gasteiger partial charge in [0.2, 0.25) is 11.8 Å². The van der Waals surface area contributed by atoms with Gasteiger partial charge in [0.15, 0.2) is 0 Å². The van der Waals surface area contributed by atoms with Crippen molar-refractivity contribution in [3.05, 3.63) is 89.4 Å². The number of aryl methyl sites for hydroxylation is 1. The topological polar surface area (TPSA) is 83.7 Å². The summed E-state index contributed by atoms with van der Waals surface area (Å²) in [5, 5.41) is 4.28. The van der Waals surface area contributed by atoms with Crippen LogP contribution in [0.5, 0.6) is 11.5 Å². The number of ether oxygens (including phenoxy) is 2. The Balaban J connectivity index is 1.36. The van der Waals surface area contributed by atoms with E-state index in [0.29, 0.717) is 35.6 Å². The molecule has 2 N–H and O–H groups in total. The first-order valence-corrected chi connectivity index (χ1v) is 16.2. The molecule has 46 heavy (non-hydrogen) atoms. The molecule has 0 spiro atoms. The number of anilines is 1. The summed E-state index contributed by atoms with van der Waals surface area (Å²) in [7, 11) is 3.11. The lowest BCUT2D eigenvalue weighted by molar-refractivity contribution is -0.149. The zero-order valence-corrected chi connectivity index (χ0v) is 27.4. The highest BCUT2D eigenvalue weighted by molar-refractivity contribution is 6.01. The molecule has 2 saturated carbocycles. The number of amides is 2. The van der Waals surface area contributed by atoms with Crippen LogP contribution in [0.25, 0.3) is 10.9 Å². The Labute approximate surface area is 270 Å². The molecule has 4 aromatic rings. The monoisotopic (exact) mass is 625 g/mol. The van der Waals surface area contributed by atoms with E-state index >= 15 is 4.39 Å². The van der Waals surface area contributed by atoms with E-state index in [0.717, 1.165) is 30.5 Å². The highest BCUT2D eigenvalue weighted by Gasteiger charge is 2.60. The second kappa shape index (κ2) is 12.5. The minimum Gasteiger partial charge on any atom is -0.497 e. The number of hydrogen-bond donors (Lipinski definition) is 2. The first-order valence-electron chi connectivity index (χ1n) is 16.2. The first kappa shape index (κ1) is 31.6. The maximum atomic E-state index is 15.2. The Morgan fingerprint density at radius 2 is 1.70 bits per heavy atom. The highest BCUT2D eigenvalue weighted by atomic mass is 19.1. The van der Waals surface area contributed by atoms with Crippen LogP contribution in [0.1, 0.15) is 75.1 Å². The minimum absolute atomic E-state index is 0.0165. The fraction of sp³-hybridized carbons (Fsp3) is 0.421. The van der Waals surface area contributed by atoms with Gasteiger partial charge in [0, 0.05) is 41.2 Å². The molecule has 0 bridgehead atoms. The number of aromatic amines is 1. The average Bonchev–Trinajstić information content (AvgIpc) is 3.40. The molecule has 242 valence electrons. The number of nitrogens with zero attached hydrogens (tertiary/aromatic N) is 1. The van der Waals surface area contributed by atoms with Crippen molar-refractivity contribution >= 4 is 28.4 Å². The maximum Gasteiger partial charge on any atom is 0.250 e. The number of benzene rings is 3. The number of para-hydroxylation sites is 1. The van der Waals surface area contributed by atoms with E-state index in [9.17, 15) is 9.59 Å². The Hall–Kier alpha value is -4.33. The fourth-order valence-corrected chi connectivity index (χ4v) is 7.87. The summed E-state index contributed by atoms with van der Waals surface area (Å²) in [5.41, 5.74) is 3.10. The predicted molar refractivity (Wildman–Crippen MR) is 179 cm³/mol. The summed E-state index contributed by atoms with van der Waals surface area (Å²) in [5.74, 6) is 0.531. The van der Waals surface area contributed by atoms with Gasteiger partial charge in [-0.3, -0.25) is 9.59 Å². The molecule has 7 nitrogen and oxygen atoms in total. The maximum absolute atomic E-state index is 15.2. The molecule has 2 amide bonds. The zero-order chi connectivity index (χ0) is 32.6. The van der Waals surface area contributed by atoms with Crippen LogP contribution in [0.3, 0.4) is 0 Å². The molecule has 8 heteroatoms. The van der Waals surface area contributed by atoms with Crippen molar-refractivity contribution in [3.63, 3.8) is 0 Å². The lowest BCUT2D eigenvalue weighted by atomic mass is 9.78. The van der Waals surface area contributed by atoms with Crippen LogP contribution >= 0.6 is 0 Å². The molecule has 0 radical (unpaired) electrons. The molecule has 2 aliphatic rings. The van der Waals surface area contributed by atoms with E-state index in [4.69, 9.17) is 9.47 Å². The summed E-state index contributed by atoms with van der Waals surface area (Å²) in [6.45, 7) is 6.55. The van der Waals surface area contributed by atoms with Gasteiger partial charge in [-0.2, -0.15) is 0 Å². The van der Waals surface area contributed by atoms with E-state index < -0.39 is 5.54 Å². The molecular weight excluding hydrogens is 581 g/mol. The van der Waals surface area contributed by atoms with Crippen molar-refractivity contribution in [3.8, 4) is 11.5 Å². The second-order valence-electron chi connectivity index (χ2n) is 13.5. The van der Waals surface area contributed by atoms with Gasteiger partial charge in [-0.25, -0.2) is 4.39 Å². The number of aromatic nitrogens is 1. The highest BCUT2D eigenvalue weighted by Crippen LogP contribution is 2.67. The van der Waals surface area contributed by atoms with Crippen LogP contribution in [0.4, 0.5) is 10.1 Å². The summed E-state index contributed by atoms with van der Waals surface area (Å²) in [4.78, 5) is 34.4. The number of carbonyl (C=O) groups is 2. The third kappa shape index (κ3) is 5.63. The van der Waals surface area contributed by atoms with Gasteiger partial charge in [0.1, 0.15) is 22.9 Å². The van der Waals surface area contributed by atoms with Crippen LogP contribution in [0.15, 0.2) is 66.7 Å². The number of hydrogen-bond acceptors (Lipinski definition) is 4. The van der Waals surface area contributed by atoms with Gasteiger partial charge >= 0.3 is 0 Å². The number of nitrogens with one attached hydrogen (secondary N) is 2. The molecule has 0 aliphatic heterocycles. The van der Waals surface area contributed by atoms with Crippen molar-refractivity contribution < 1.29 is 23.5 Å². The summed E-state index contributed by atoms with van der Waals surface area (Å²) >= 11 is 0. The van der Waals surface area contributed by atoms with Crippen molar-refractivity contribution in [2.75, 3.05) is 19.5 Å². The van der Waals surface area contributed by atoms with E-state index in [1.54, 1.807) is 48.4 Å². The molecular formula is C38H44FN3O4. The van der Waals surface area contributed by atoms with Crippen LogP contribution in [-0.2, 0) is 16.1 Å². The standard InChI is InChI=1S/C38H44FN3O4/c1-24-34(27-14-8-10-16-30(27)40-24)35-28(37(35,2)3)22-33(43)42(23-25-13-7-9-15-29(25)39)38(19-11-6-12-20-38)36(44)41-31-18-17-26(45-4)21-32(31)46-5/h7-10,13-18,21,28,35,40H,6,11-12,19-20,22-23H2,1-5H3,(H,41,44)/t28-,35+/m1/s1. The first-order chi connectivity index (χ1) is 22.1. The summed E-state index contributed by atoms with van der Waals surface area (Å²) < 4.78 is 26.1. The Morgan fingerprint density at radius 1 is 0.978 bits per heavy atom.